The molecule has 1 aromatic heterocycles. The molecule has 0 unspecified atom stereocenters. The number of benzene rings is 1. The van der Waals surface area contributed by atoms with Crippen molar-refractivity contribution in [2.24, 2.45) is 5.73 Å². The Morgan fingerprint density at radius 2 is 2.00 bits per heavy atom. The number of nitrogens with zero attached hydrogens (tertiary/aromatic N) is 1. The Labute approximate surface area is 135 Å². The molecule has 0 atom stereocenters. The lowest BCUT2D eigenvalue weighted by molar-refractivity contribution is 0.458. The van der Waals surface area contributed by atoms with E-state index in [0.29, 0.717) is 29.1 Å². The average Bonchev–Trinajstić information content (AvgIpc) is 2.43. The maximum atomic E-state index is 6.26. The van der Waals surface area contributed by atoms with Crippen LogP contribution in [0.25, 0.3) is 0 Å². The van der Waals surface area contributed by atoms with Crippen LogP contribution >= 0.6 is 23.2 Å². The van der Waals surface area contributed by atoms with Crippen molar-refractivity contribution in [3.63, 3.8) is 0 Å². The van der Waals surface area contributed by atoms with Crippen LogP contribution in [-0.2, 0) is 6.54 Å². The molecular weight excluding hydrogens is 307 g/mol. The first kappa shape index (κ1) is 16.1. The molecule has 0 aliphatic rings. The first-order valence-electron chi connectivity index (χ1n) is 6.75. The predicted molar refractivity (Wildman–Crippen MR) is 87.5 cm³/mol. The van der Waals surface area contributed by atoms with Crippen molar-refractivity contribution in [3.8, 4) is 11.6 Å². The molecule has 0 fully saturated rings. The van der Waals surface area contributed by atoms with Crippen LogP contribution in [0.1, 0.15) is 36.5 Å². The number of hydrogen-bond donors (Lipinski definition) is 1. The van der Waals surface area contributed by atoms with Gasteiger partial charge in [0.05, 0.1) is 0 Å². The number of pyridine rings is 1. The second-order valence-corrected chi connectivity index (χ2v) is 5.97. The van der Waals surface area contributed by atoms with Gasteiger partial charge in [0.25, 0.3) is 0 Å². The summed E-state index contributed by atoms with van der Waals surface area (Å²) in [4.78, 5) is 4.18. The summed E-state index contributed by atoms with van der Waals surface area (Å²) in [6, 6.07) is 5.62. The van der Waals surface area contributed by atoms with E-state index in [1.54, 1.807) is 12.3 Å². The number of halogens is 2. The van der Waals surface area contributed by atoms with Gasteiger partial charge in [-0.25, -0.2) is 4.98 Å². The van der Waals surface area contributed by atoms with Crippen molar-refractivity contribution in [1.29, 1.82) is 0 Å². The second-order valence-electron chi connectivity index (χ2n) is 5.19. The maximum Gasteiger partial charge on any atom is 0.238 e. The number of rotatable bonds is 4. The van der Waals surface area contributed by atoms with Crippen LogP contribution in [0.5, 0.6) is 11.6 Å². The SMILES string of the molecule is Cc1cc(Cl)c(C(C)C)cc1Oc1nccc(CN)c1Cl. The molecule has 112 valence electrons. The topological polar surface area (TPSA) is 48.1 Å². The molecule has 0 saturated carbocycles. The van der Waals surface area contributed by atoms with Crippen LogP contribution < -0.4 is 10.5 Å². The highest BCUT2D eigenvalue weighted by Gasteiger charge is 2.14. The molecular formula is C16H18Cl2N2O. The zero-order valence-electron chi connectivity index (χ0n) is 12.3. The van der Waals surface area contributed by atoms with Crippen LogP contribution in [0.3, 0.4) is 0 Å². The molecule has 0 saturated heterocycles. The van der Waals surface area contributed by atoms with Crippen molar-refractivity contribution < 1.29 is 4.74 Å². The van der Waals surface area contributed by atoms with E-state index in [1.165, 1.54) is 0 Å². The predicted octanol–water partition coefficient (Wildman–Crippen LogP) is 5.07. The highest BCUT2D eigenvalue weighted by Crippen LogP contribution is 2.35. The Hall–Kier alpha value is -1.29. The molecule has 21 heavy (non-hydrogen) atoms. The van der Waals surface area contributed by atoms with Gasteiger partial charge in [0.1, 0.15) is 10.8 Å². The van der Waals surface area contributed by atoms with E-state index in [9.17, 15) is 0 Å². The Bertz CT molecular complexity index is 657. The quantitative estimate of drug-likeness (QED) is 0.853. The fourth-order valence-electron chi connectivity index (χ4n) is 2.02. The summed E-state index contributed by atoms with van der Waals surface area (Å²) in [5.41, 5.74) is 8.41. The highest BCUT2D eigenvalue weighted by atomic mass is 35.5. The minimum Gasteiger partial charge on any atom is -0.437 e. The second kappa shape index (κ2) is 6.65. The van der Waals surface area contributed by atoms with Crippen LogP contribution in [0.4, 0.5) is 0 Å². The normalized spacial score (nSPS) is 11.0. The number of nitrogens with two attached hydrogens (primary N) is 1. The maximum absolute atomic E-state index is 6.26. The molecule has 0 aliphatic heterocycles. The van der Waals surface area contributed by atoms with Crippen LogP contribution in [-0.4, -0.2) is 4.98 Å². The van der Waals surface area contributed by atoms with E-state index in [4.69, 9.17) is 33.7 Å². The van der Waals surface area contributed by atoms with E-state index < -0.39 is 0 Å². The first-order valence-corrected chi connectivity index (χ1v) is 7.51. The minimum absolute atomic E-state index is 0.305. The van der Waals surface area contributed by atoms with Crippen LogP contribution in [0.15, 0.2) is 24.4 Å². The molecule has 3 nitrogen and oxygen atoms in total. The lowest BCUT2D eigenvalue weighted by Gasteiger charge is -2.15. The lowest BCUT2D eigenvalue weighted by Crippen LogP contribution is -2.00. The molecule has 0 radical (unpaired) electrons. The molecule has 0 amide bonds. The number of aromatic nitrogens is 1. The Morgan fingerprint density at radius 3 is 2.62 bits per heavy atom. The number of hydrogen-bond acceptors (Lipinski definition) is 3. The van der Waals surface area contributed by atoms with E-state index in [0.717, 1.165) is 21.7 Å². The largest absolute Gasteiger partial charge is 0.437 e. The summed E-state index contributed by atoms with van der Waals surface area (Å²) < 4.78 is 5.87. The summed E-state index contributed by atoms with van der Waals surface area (Å²) in [7, 11) is 0. The van der Waals surface area contributed by atoms with E-state index >= 15 is 0 Å². The third-order valence-electron chi connectivity index (χ3n) is 3.28. The number of ether oxygens (including phenoxy) is 1. The average molecular weight is 325 g/mol. The van der Waals surface area contributed by atoms with Gasteiger partial charge in [0.15, 0.2) is 0 Å². The molecule has 2 rings (SSSR count). The molecule has 1 aromatic carbocycles. The minimum atomic E-state index is 0.305. The van der Waals surface area contributed by atoms with Crippen molar-refractivity contribution in [3.05, 3.63) is 51.1 Å². The van der Waals surface area contributed by atoms with Gasteiger partial charge in [-0.2, -0.15) is 0 Å². The fourth-order valence-corrected chi connectivity index (χ4v) is 2.68. The van der Waals surface area contributed by atoms with Gasteiger partial charge in [-0.1, -0.05) is 37.0 Å². The van der Waals surface area contributed by atoms with Gasteiger partial charge < -0.3 is 10.5 Å². The van der Waals surface area contributed by atoms with E-state index in [2.05, 4.69) is 18.8 Å². The molecule has 2 N–H and O–H groups in total. The Morgan fingerprint density at radius 1 is 1.29 bits per heavy atom. The Kier molecular flexibility index (Phi) is 5.09. The lowest BCUT2D eigenvalue weighted by atomic mass is 10.0. The molecule has 0 bridgehead atoms. The van der Waals surface area contributed by atoms with E-state index in [-0.39, 0.29) is 0 Å². The summed E-state index contributed by atoms with van der Waals surface area (Å²) in [6.07, 6.45) is 1.64. The summed E-state index contributed by atoms with van der Waals surface area (Å²) >= 11 is 12.5. The highest BCUT2D eigenvalue weighted by molar-refractivity contribution is 6.32. The molecule has 0 spiro atoms. The zero-order chi connectivity index (χ0) is 15.6. The monoisotopic (exact) mass is 324 g/mol. The molecule has 1 heterocycles. The summed E-state index contributed by atoms with van der Waals surface area (Å²) in [6.45, 7) is 6.45. The van der Waals surface area contributed by atoms with Crippen LogP contribution in [0, 0.1) is 6.92 Å². The van der Waals surface area contributed by atoms with Crippen LogP contribution in [0.2, 0.25) is 10.0 Å². The summed E-state index contributed by atoms with van der Waals surface area (Å²) in [5.74, 6) is 1.37. The number of aryl methyl sites for hydroxylation is 1. The summed E-state index contributed by atoms with van der Waals surface area (Å²) in [5, 5.41) is 1.19. The van der Waals surface area contributed by atoms with E-state index in [1.807, 2.05) is 19.1 Å². The van der Waals surface area contributed by atoms with Crippen molar-refractivity contribution >= 4 is 23.2 Å². The van der Waals surface area contributed by atoms with Gasteiger partial charge in [-0.15, -0.1) is 0 Å². The smallest absolute Gasteiger partial charge is 0.238 e. The molecule has 0 aliphatic carbocycles. The standard InChI is InChI=1S/C16H18Cl2N2O/c1-9(2)12-7-14(10(3)6-13(12)17)21-16-15(18)11(8-19)4-5-20-16/h4-7,9H,8,19H2,1-3H3. The van der Waals surface area contributed by atoms with Gasteiger partial charge in [0, 0.05) is 17.8 Å². The van der Waals surface area contributed by atoms with Crippen molar-refractivity contribution in [2.45, 2.75) is 33.2 Å². The van der Waals surface area contributed by atoms with Gasteiger partial charge >= 0.3 is 0 Å². The van der Waals surface area contributed by atoms with Gasteiger partial charge in [0.2, 0.25) is 5.88 Å². The van der Waals surface area contributed by atoms with Gasteiger partial charge in [-0.3, -0.25) is 0 Å². The molecule has 5 heteroatoms. The zero-order valence-corrected chi connectivity index (χ0v) is 13.8. The fraction of sp³-hybridized carbons (Fsp3) is 0.312. The Balaban J connectivity index is 2.42. The third-order valence-corrected chi connectivity index (χ3v) is 4.01. The van der Waals surface area contributed by atoms with Gasteiger partial charge in [-0.05, 0) is 47.7 Å². The van der Waals surface area contributed by atoms with Crippen molar-refractivity contribution in [2.75, 3.05) is 0 Å². The third kappa shape index (κ3) is 3.49. The first-order chi connectivity index (χ1) is 9.93. The molecule has 2 aromatic rings. The van der Waals surface area contributed by atoms with Crippen molar-refractivity contribution in [1.82, 2.24) is 4.98 Å².